The molecule has 130 valence electrons. The van der Waals surface area contributed by atoms with E-state index in [9.17, 15) is 4.79 Å². The number of anilines is 1. The normalized spacial score (nSPS) is 17.2. The Morgan fingerprint density at radius 1 is 1.32 bits per heavy atom. The Kier molecular flexibility index (Phi) is 4.90. The maximum absolute atomic E-state index is 12.4. The number of fused-ring (bicyclic) bond motifs is 1. The minimum absolute atomic E-state index is 0.153. The summed E-state index contributed by atoms with van der Waals surface area (Å²) in [5, 5.41) is 20.9. The van der Waals surface area contributed by atoms with Crippen LogP contribution in [0.15, 0.2) is 33.4 Å². The molecule has 3 aromatic rings. The zero-order chi connectivity index (χ0) is 17.1. The molecule has 2 aromatic heterocycles. The third-order valence-electron chi connectivity index (χ3n) is 3.85. The highest BCUT2D eigenvalue weighted by molar-refractivity contribution is 8.00. The molecule has 1 aliphatic rings. The molecule has 8 nitrogen and oxygen atoms in total. The Bertz CT molecular complexity index is 922. The molecule has 1 aliphatic heterocycles. The number of hydrogen-bond acceptors (Lipinski definition) is 9. The lowest BCUT2D eigenvalue weighted by atomic mass is 10.2. The number of rotatable bonds is 6. The average molecular weight is 376 g/mol. The van der Waals surface area contributed by atoms with Crippen molar-refractivity contribution in [1.82, 2.24) is 25.2 Å². The van der Waals surface area contributed by atoms with Crippen molar-refractivity contribution < 1.29 is 4.74 Å². The van der Waals surface area contributed by atoms with Crippen LogP contribution in [0.2, 0.25) is 0 Å². The number of ether oxygens (including phenoxy) is 1. The van der Waals surface area contributed by atoms with Crippen LogP contribution in [0.4, 0.5) is 5.13 Å². The third kappa shape index (κ3) is 3.80. The first kappa shape index (κ1) is 16.4. The Morgan fingerprint density at radius 3 is 3.12 bits per heavy atom. The third-order valence-corrected chi connectivity index (χ3v) is 5.83. The van der Waals surface area contributed by atoms with E-state index in [1.165, 1.54) is 27.8 Å². The van der Waals surface area contributed by atoms with Crippen LogP contribution < -0.4 is 10.9 Å². The second-order valence-electron chi connectivity index (χ2n) is 5.57. The van der Waals surface area contributed by atoms with Gasteiger partial charge in [0, 0.05) is 13.2 Å². The van der Waals surface area contributed by atoms with Gasteiger partial charge in [0.15, 0.2) is 4.34 Å². The fourth-order valence-corrected chi connectivity index (χ4v) is 4.19. The number of thioether (sulfide) groups is 1. The summed E-state index contributed by atoms with van der Waals surface area (Å²) in [6.07, 6.45) is 2.45. The molecule has 0 amide bonds. The highest BCUT2D eigenvalue weighted by atomic mass is 32.2. The molecular weight excluding hydrogens is 360 g/mol. The number of aromatic nitrogens is 5. The summed E-state index contributed by atoms with van der Waals surface area (Å²) in [7, 11) is 0. The predicted molar refractivity (Wildman–Crippen MR) is 97.0 cm³/mol. The number of nitrogens with one attached hydrogen (secondary N) is 1. The molecule has 1 fully saturated rings. The van der Waals surface area contributed by atoms with Gasteiger partial charge in [0.2, 0.25) is 5.13 Å². The van der Waals surface area contributed by atoms with Crippen molar-refractivity contribution in [1.29, 1.82) is 0 Å². The van der Waals surface area contributed by atoms with Gasteiger partial charge in [0.05, 0.1) is 17.4 Å². The van der Waals surface area contributed by atoms with Crippen LogP contribution in [0.1, 0.15) is 12.8 Å². The van der Waals surface area contributed by atoms with Crippen molar-refractivity contribution in [2.75, 3.05) is 18.5 Å². The summed E-state index contributed by atoms with van der Waals surface area (Å²) < 4.78 is 7.69. The molecule has 0 unspecified atom stereocenters. The maximum atomic E-state index is 12.4. The molecular formula is C15H16N6O2S2. The SMILES string of the molecule is O=c1c2ccccc2nnn1CSc1nnc(NC[C@H]2CCCO2)s1. The van der Waals surface area contributed by atoms with Crippen LogP contribution in [0.3, 0.4) is 0 Å². The van der Waals surface area contributed by atoms with Gasteiger partial charge in [0.25, 0.3) is 5.56 Å². The first-order chi connectivity index (χ1) is 12.3. The zero-order valence-corrected chi connectivity index (χ0v) is 14.9. The summed E-state index contributed by atoms with van der Waals surface area (Å²) in [4.78, 5) is 12.4. The fourth-order valence-electron chi connectivity index (χ4n) is 2.57. The first-order valence-corrected chi connectivity index (χ1v) is 9.74. The second kappa shape index (κ2) is 7.46. The molecule has 1 aromatic carbocycles. The monoisotopic (exact) mass is 376 g/mol. The number of nitrogens with zero attached hydrogens (tertiary/aromatic N) is 5. The van der Waals surface area contributed by atoms with E-state index in [-0.39, 0.29) is 11.7 Å². The van der Waals surface area contributed by atoms with E-state index in [4.69, 9.17) is 4.74 Å². The summed E-state index contributed by atoms with van der Waals surface area (Å²) in [6, 6.07) is 7.19. The molecule has 25 heavy (non-hydrogen) atoms. The predicted octanol–water partition coefficient (Wildman–Crippen LogP) is 1.98. The van der Waals surface area contributed by atoms with Gasteiger partial charge in [-0.25, -0.2) is 0 Å². The highest BCUT2D eigenvalue weighted by Crippen LogP contribution is 2.26. The summed E-state index contributed by atoms with van der Waals surface area (Å²) in [6.45, 7) is 1.58. The van der Waals surface area contributed by atoms with Crippen LogP contribution in [0.5, 0.6) is 0 Å². The molecule has 0 bridgehead atoms. The highest BCUT2D eigenvalue weighted by Gasteiger charge is 2.16. The first-order valence-electron chi connectivity index (χ1n) is 7.94. The van der Waals surface area contributed by atoms with E-state index >= 15 is 0 Å². The van der Waals surface area contributed by atoms with Gasteiger partial charge in [-0.3, -0.25) is 4.79 Å². The average Bonchev–Trinajstić information content (AvgIpc) is 3.31. The molecule has 0 aliphatic carbocycles. The molecule has 4 rings (SSSR count). The summed E-state index contributed by atoms with van der Waals surface area (Å²) in [5.74, 6) is 0.344. The van der Waals surface area contributed by atoms with E-state index in [1.54, 1.807) is 12.1 Å². The van der Waals surface area contributed by atoms with Gasteiger partial charge in [-0.15, -0.1) is 15.3 Å². The minimum Gasteiger partial charge on any atom is -0.376 e. The smallest absolute Gasteiger partial charge is 0.278 e. The van der Waals surface area contributed by atoms with E-state index < -0.39 is 0 Å². The van der Waals surface area contributed by atoms with Gasteiger partial charge in [-0.05, 0) is 25.0 Å². The van der Waals surface area contributed by atoms with E-state index in [2.05, 4.69) is 25.8 Å². The van der Waals surface area contributed by atoms with Crippen LogP contribution in [0.25, 0.3) is 10.9 Å². The molecule has 1 atom stereocenters. The zero-order valence-electron chi connectivity index (χ0n) is 13.3. The van der Waals surface area contributed by atoms with Crippen LogP contribution in [-0.4, -0.2) is 44.4 Å². The Balaban J connectivity index is 1.38. The van der Waals surface area contributed by atoms with E-state index in [0.717, 1.165) is 35.5 Å². The molecule has 0 radical (unpaired) electrons. The Hall–Kier alpha value is -2.04. The van der Waals surface area contributed by atoms with Crippen molar-refractivity contribution in [3.05, 3.63) is 34.6 Å². The summed E-state index contributed by atoms with van der Waals surface area (Å²) >= 11 is 2.86. The lowest BCUT2D eigenvalue weighted by Crippen LogP contribution is -2.23. The van der Waals surface area contributed by atoms with Crippen molar-refractivity contribution in [2.45, 2.75) is 29.2 Å². The van der Waals surface area contributed by atoms with Crippen LogP contribution in [-0.2, 0) is 10.6 Å². The number of benzene rings is 1. The lowest BCUT2D eigenvalue weighted by Gasteiger charge is -2.08. The topological polar surface area (TPSA) is 94.8 Å². The van der Waals surface area contributed by atoms with Gasteiger partial charge >= 0.3 is 0 Å². The molecule has 3 heterocycles. The van der Waals surface area contributed by atoms with Gasteiger partial charge in [-0.2, -0.15) is 4.68 Å². The Morgan fingerprint density at radius 2 is 2.24 bits per heavy atom. The van der Waals surface area contributed by atoms with Gasteiger partial charge in [0.1, 0.15) is 5.52 Å². The molecule has 0 spiro atoms. The number of hydrogen-bond donors (Lipinski definition) is 1. The van der Waals surface area contributed by atoms with E-state index in [1.807, 2.05) is 12.1 Å². The quantitative estimate of drug-likeness (QED) is 0.653. The second-order valence-corrected chi connectivity index (χ2v) is 7.74. The fraction of sp³-hybridized carbons (Fsp3) is 0.400. The molecule has 1 saturated heterocycles. The maximum Gasteiger partial charge on any atom is 0.278 e. The van der Waals surface area contributed by atoms with Crippen molar-refractivity contribution in [3.63, 3.8) is 0 Å². The standard InChI is InChI=1S/C15H16N6O2S2/c22-13-11-5-1-2-6-12(11)17-20-21(13)9-24-15-19-18-14(25-15)16-8-10-4-3-7-23-10/h1-2,5-6,10H,3-4,7-9H2,(H,16,18)/t10-/m1/s1. The Labute approximate surface area is 151 Å². The largest absolute Gasteiger partial charge is 0.376 e. The van der Waals surface area contributed by atoms with Crippen LogP contribution >= 0.6 is 23.1 Å². The van der Waals surface area contributed by atoms with E-state index in [0.29, 0.717) is 16.8 Å². The lowest BCUT2D eigenvalue weighted by molar-refractivity contribution is 0.120. The minimum atomic E-state index is -0.153. The van der Waals surface area contributed by atoms with Crippen molar-refractivity contribution >= 4 is 39.1 Å². The van der Waals surface area contributed by atoms with Gasteiger partial charge < -0.3 is 10.1 Å². The molecule has 10 heteroatoms. The van der Waals surface area contributed by atoms with Crippen molar-refractivity contribution in [2.24, 2.45) is 0 Å². The van der Waals surface area contributed by atoms with Gasteiger partial charge in [-0.1, -0.05) is 40.4 Å². The molecule has 1 N–H and O–H groups in total. The van der Waals surface area contributed by atoms with Crippen LogP contribution in [0, 0.1) is 0 Å². The van der Waals surface area contributed by atoms with Crippen molar-refractivity contribution in [3.8, 4) is 0 Å². The molecule has 0 saturated carbocycles. The summed E-state index contributed by atoms with van der Waals surface area (Å²) in [5.41, 5.74) is 0.449.